The maximum Gasteiger partial charge on any atom is 0.270 e. The minimum atomic E-state index is -0.757. The van der Waals surface area contributed by atoms with E-state index in [0.717, 1.165) is 30.0 Å². The van der Waals surface area contributed by atoms with E-state index in [9.17, 15) is 23.7 Å². The molecule has 2 rings (SSSR count). The van der Waals surface area contributed by atoms with Gasteiger partial charge in [0.25, 0.3) is 5.69 Å². The summed E-state index contributed by atoms with van der Waals surface area (Å²) in [6.07, 6.45) is 0. The summed E-state index contributed by atoms with van der Waals surface area (Å²) in [4.78, 5) is 22.2. The minimum absolute atomic E-state index is 0.123. The highest BCUT2D eigenvalue weighted by Gasteiger charge is 2.16. The first-order valence-electron chi connectivity index (χ1n) is 5.81. The Balaban J connectivity index is 2.44. The topological polar surface area (TPSA) is 60.2 Å². The number of halogens is 2. The highest BCUT2D eigenvalue weighted by molar-refractivity contribution is 7.99. The van der Waals surface area contributed by atoms with E-state index in [-0.39, 0.29) is 21.9 Å². The van der Waals surface area contributed by atoms with Crippen molar-refractivity contribution < 1.29 is 18.5 Å². The molecule has 2 aromatic rings. The van der Waals surface area contributed by atoms with Gasteiger partial charge in [-0.1, -0.05) is 11.8 Å². The van der Waals surface area contributed by atoms with Gasteiger partial charge in [-0.15, -0.1) is 0 Å². The first kappa shape index (κ1) is 15.1. The van der Waals surface area contributed by atoms with Gasteiger partial charge in [0.05, 0.1) is 4.92 Å². The Bertz CT molecular complexity index is 734. The molecule has 0 atom stereocenters. The summed E-state index contributed by atoms with van der Waals surface area (Å²) in [5, 5.41) is 10.7. The molecule has 0 saturated carbocycles. The van der Waals surface area contributed by atoms with E-state index in [4.69, 9.17) is 0 Å². The smallest absolute Gasteiger partial charge is 0.270 e. The lowest BCUT2D eigenvalue weighted by atomic mass is 10.1. The molecule has 0 aliphatic carbocycles. The molecule has 4 nitrogen and oxygen atoms in total. The van der Waals surface area contributed by atoms with E-state index < -0.39 is 16.6 Å². The second-order valence-corrected chi connectivity index (χ2v) is 5.25. The van der Waals surface area contributed by atoms with Gasteiger partial charge in [-0.25, -0.2) is 8.78 Å². The molecule has 0 heterocycles. The summed E-state index contributed by atoms with van der Waals surface area (Å²) in [6, 6.07) is 6.84. The van der Waals surface area contributed by atoms with Gasteiger partial charge >= 0.3 is 0 Å². The zero-order chi connectivity index (χ0) is 15.6. The molecule has 2 aromatic carbocycles. The number of nitro groups is 1. The highest BCUT2D eigenvalue weighted by atomic mass is 32.2. The van der Waals surface area contributed by atoms with E-state index in [2.05, 4.69) is 0 Å². The fourth-order valence-electron chi connectivity index (χ4n) is 1.67. The molecule has 0 spiro atoms. The van der Waals surface area contributed by atoms with Crippen molar-refractivity contribution in [2.24, 2.45) is 0 Å². The Morgan fingerprint density at radius 1 is 1.14 bits per heavy atom. The molecule has 108 valence electrons. The predicted molar refractivity (Wildman–Crippen MR) is 73.6 cm³/mol. The van der Waals surface area contributed by atoms with Crippen molar-refractivity contribution in [3.05, 3.63) is 63.7 Å². The first-order chi connectivity index (χ1) is 9.88. The molecule has 0 bridgehead atoms. The zero-order valence-electron chi connectivity index (χ0n) is 10.8. The van der Waals surface area contributed by atoms with Crippen molar-refractivity contribution in [3.63, 3.8) is 0 Å². The lowest BCUT2D eigenvalue weighted by molar-refractivity contribution is -0.384. The van der Waals surface area contributed by atoms with Crippen molar-refractivity contribution in [2.45, 2.75) is 16.7 Å². The molecule has 0 aliphatic heterocycles. The van der Waals surface area contributed by atoms with Crippen molar-refractivity contribution in [2.75, 3.05) is 0 Å². The van der Waals surface area contributed by atoms with Crippen molar-refractivity contribution in [1.29, 1.82) is 0 Å². The highest BCUT2D eigenvalue weighted by Crippen LogP contribution is 2.34. The van der Waals surface area contributed by atoms with E-state index >= 15 is 0 Å². The minimum Gasteiger partial charge on any atom is -0.294 e. The Morgan fingerprint density at radius 3 is 2.38 bits per heavy atom. The summed E-state index contributed by atoms with van der Waals surface area (Å²) in [7, 11) is 0. The van der Waals surface area contributed by atoms with E-state index in [0.29, 0.717) is 4.90 Å². The van der Waals surface area contributed by atoms with Crippen LogP contribution in [0.2, 0.25) is 0 Å². The van der Waals surface area contributed by atoms with E-state index in [1.807, 2.05) is 0 Å². The SMILES string of the molecule is CC(=O)c1cc([N+](=O)[O-])ccc1Sc1ccc(F)cc1F. The normalized spacial score (nSPS) is 10.4. The number of Topliss-reactive ketones (excluding diaryl/α,β-unsaturated/α-hetero) is 1. The van der Waals surface area contributed by atoms with Gasteiger partial charge < -0.3 is 0 Å². The van der Waals surface area contributed by atoms with Gasteiger partial charge in [0.15, 0.2) is 5.78 Å². The van der Waals surface area contributed by atoms with Gasteiger partial charge in [-0.3, -0.25) is 14.9 Å². The molecular weight excluding hydrogens is 300 g/mol. The summed E-state index contributed by atoms with van der Waals surface area (Å²) in [6.45, 7) is 1.27. The fraction of sp³-hybridized carbons (Fsp3) is 0.0714. The number of carbonyl (C=O) groups excluding carboxylic acids is 1. The number of nitro benzene ring substituents is 1. The number of benzene rings is 2. The van der Waals surface area contributed by atoms with Crippen molar-refractivity contribution >= 4 is 23.2 Å². The molecule has 0 unspecified atom stereocenters. The summed E-state index contributed by atoms with van der Waals surface area (Å²) < 4.78 is 26.5. The molecule has 0 amide bonds. The van der Waals surface area contributed by atoms with Crippen LogP contribution in [0.15, 0.2) is 46.2 Å². The number of ketones is 1. The van der Waals surface area contributed by atoms with Gasteiger partial charge in [-0.05, 0) is 25.1 Å². The third kappa shape index (κ3) is 3.43. The molecule has 0 aliphatic rings. The molecule has 0 fully saturated rings. The van der Waals surface area contributed by atoms with Gasteiger partial charge in [-0.2, -0.15) is 0 Å². The number of hydrogen-bond acceptors (Lipinski definition) is 4. The number of non-ortho nitro benzene ring substituents is 1. The van der Waals surface area contributed by atoms with Gasteiger partial charge in [0.1, 0.15) is 11.6 Å². The second-order valence-electron chi connectivity index (χ2n) is 4.17. The summed E-state index contributed by atoms with van der Waals surface area (Å²) in [5.74, 6) is -1.83. The van der Waals surface area contributed by atoms with Crippen LogP contribution < -0.4 is 0 Å². The monoisotopic (exact) mass is 309 g/mol. The summed E-state index contributed by atoms with van der Waals surface area (Å²) in [5.41, 5.74) is -0.0953. The van der Waals surface area contributed by atoms with Gasteiger partial charge in [0, 0.05) is 33.6 Å². The number of rotatable bonds is 4. The van der Waals surface area contributed by atoms with Crippen molar-refractivity contribution in [1.82, 2.24) is 0 Å². The molecule has 0 radical (unpaired) electrons. The number of nitrogens with zero attached hydrogens (tertiary/aromatic N) is 1. The Labute approximate surface area is 122 Å². The van der Waals surface area contributed by atoms with Gasteiger partial charge in [0.2, 0.25) is 0 Å². The Hall–Kier alpha value is -2.28. The van der Waals surface area contributed by atoms with Crippen molar-refractivity contribution in [3.8, 4) is 0 Å². The molecule has 0 aromatic heterocycles. The quantitative estimate of drug-likeness (QED) is 0.482. The van der Waals surface area contributed by atoms with Crippen LogP contribution in [0, 0.1) is 21.7 Å². The maximum atomic E-state index is 13.6. The van der Waals surface area contributed by atoms with Crippen LogP contribution in [0.25, 0.3) is 0 Å². The van der Waals surface area contributed by atoms with Crippen LogP contribution >= 0.6 is 11.8 Å². The third-order valence-corrected chi connectivity index (χ3v) is 3.79. The molecular formula is C14H9F2NO3S. The molecule has 21 heavy (non-hydrogen) atoms. The number of carbonyl (C=O) groups is 1. The molecule has 7 heteroatoms. The Kier molecular flexibility index (Phi) is 4.32. The first-order valence-corrected chi connectivity index (χ1v) is 6.62. The standard InChI is InChI=1S/C14H9F2NO3S/c1-8(18)11-7-10(17(19)20)3-5-13(11)21-14-4-2-9(15)6-12(14)16/h2-7H,1H3. The van der Waals surface area contributed by atoms with E-state index in [1.165, 1.54) is 25.1 Å². The van der Waals surface area contributed by atoms with Crippen LogP contribution in [0.5, 0.6) is 0 Å². The molecule has 0 N–H and O–H groups in total. The van der Waals surface area contributed by atoms with E-state index in [1.54, 1.807) is 0 Å². The largest absolute Gasteiger partial charge is 0.294 e. The number of hydrogen-bond donors (Lipinski definition) is 0. The van der Waals surface area contributed by atoms with Crippen LogP contribution in [0.4, 0.5) is 14.5 Å². The second kappa shape index (κ2) is 6.01. The molecule has 0 saturated heterocycles. The average molecular weight is 309 g/mol. The average Bonchev–Trinajstić information content (AvgIpc) is 2.41. The summed E-state index contributed by atoms with van der Waals surface area (Å²) >= 11 is 0.913. The Morgan fingerprint density at radius 2 is 1.81 bits per heavy atom. The third-order valence-electron chi connectivity index (χ3n) is 2.67. The zero-order valence-corrected chi connectivity index (χ0v) is 11.6. The fourth-order valence-corrected chi connectivity index (χ4v) is 2.65. The van der Waals surface area contributed by atoms with Crippen LogP contribution in [0.3, 0.4) is 0 Å². The van der Waals surface area contributed by atoms with Crippen LogP contribution in [-0.2, 0) is 0 Å². The van der Waals surface area contributed by atoms with Crippen LogP contribution in [-0.4, -0.2) is 10.7 Å². The maximum absolute atomic E-state index is 13.6. The lowest BCUT2D eigenvalue weighted by Crippen LogP contribution is -1.98. The lowest BCUT2D eigenvalue weighted by Gasteiger charge is -2.07. The van der Waals surface area contributed by atoms with Crippen LogP contribution in [0.1, 0.15) is 17.3 Å². The predicted octanol–water partition coefficient (Wildman–Crippen LogP) is 4.23.